The molecule has 0 fully saturated rings. The van der Waals surface area contributed by atoms with E-state index < -0.39 is 5.91 Å². The number of fused-ring (bicyclic) bond motifs is 1. The highest BCUT2D eigenvalue weighted by atomic mass is 35.5. The number of hydrazone groups is 1. The molecule has 0 aliphatic carbocycles. The van der Waals surface area contributed by atoms with Crippen LogP contribution in [0.3, 0.4) is 0 Å². The van der Waals surface area contributed by atoms with Crippen LogP contribution < -0.4 is 14.2 Å². The summed E-state index contributed by atoms with van der Waals surface area (Å²) in [4.78, 5) is 16.5. The molecule has 2 aromatic rings. The zero-order valence-electron chi connectivity index (χ0n) is 18.2. The van der Waals surface area contributed by atoms with Crippen LogP contribution in [0.5, 0.6) is 17.2 Å². The van der Waals surface area contributed by atoms with Crippen LogP contribution in [0.2, 0.25) is 5.02 Å². The fraction of sp³-hybridized carbons (Fsp3) is 0.217. The van der Waals surface area contributed by atoms with Crippen molar-refractivity contribution in [3.63, 3.8) is 0 Å². The number of rotatable bonds is 7. The van der Waals surface area contributed by atoms with Gasteiger partial charge in [0.15, 0.2) is 17.3 Å². The topological polar surface area (TPSA) is 96.6 Å². The number of hydrogen-bond donors (Lipinski definition) is 1. The quantitative estimate of drug-likeness (QED) is 0.450. The first kappa shape index (κ1) is 22.9. The SMILES string of the molecule is COc1cc(/C=C2\C(=N)N3N=C(C)SC3=NC2=O)ccc1OCCOc1ccc(Cl)c(C)c1. The Balaban J connectivity index is 1.43. The lowest BCUT2D eigenvalue weighted by molar-refractivity contribution is -0.114. The van der Waals surface area contributed by atoms with Gasteiger partial charge in [-0.3, -0.25) is 10.2 Å². The summed E-state index contributed by atoms with van der Waals surface area (Å²) < 4.78 is 17.0. The average molecular weight is 485 g/mol. The van der Waals surface area contributed by atoms with Crippen molar-refractivity contribution in [3.8, 4) is 17.2 Å². The van der Waals surface area contributed by atoms with Gasteiger partial charge in [0.25, 0.3) is 5.91 Å². The first-order valence-electron chi connectivity index (χ1n) is 10.0. The minimum Gasteiger partial charge on any atom is -0.493 e. The Morgan fingerprint density at radius 3 is 2.67 bits per heavy atom. The second kappa shape index (κ2) is 9.68. The van der Waals surface area contributed by atoms with Gasteiger partial charge in [-0.25, -0.2) is 0 Å². The van der Waals surface area contributed by atoms with E-state index in [0.717, 1.165) is 16.4 Å². The van der Waals surface area contributed by atoms with E-state index >= 15 is 0 Å². The number of carbonyl (C=O) groups excluding carboxylic acids is 1. The van der Waals surface area contributed by atoms with E-state index in [1.165, 1.54) is 23.9 Å². The Kier molecular flexibility index (Phi) is 6.71. The normalized spacial score (nSPS) is 16.5. The van der Waals surface area contributed by atoms with Gasteiger partial charge in [0.2, 0.25) is 5.17 Å². The lowest BCUT2D eigenvalue weighted by Gasteiger charge is -2.20. The van der Waals surface area contributed by atoms with Crippen molar-refractivity contribution >= 4 is 51.4 Å². The number of carbonyl (C=O) groups is 1. The standard InChI is InChI=1S/C23H21ClN4O4S/c1-13-10-16(5-6-18(13)24)31-8-9-32-19-7-4-15(12-20(19)30-3)11-17-21(25)28-23(26-22(17)29)33-14(2)27-28/h4-7,10-12,25H,8-9H2,1-3H3/b17-11+,25-21?. The highest BCUT2D eigenvalue weighted by Crippen LogP contribution is 2.31. The maximum Gasteiger partial charge on any atom is 0.283 e. The molecule has 170 valence electrons. The molecule has 0 unspecified atom stereocenters. The number of halogens is 1. The number of amidine groups is 2. The summed E-state index contributed by atoms with van der Waals surface area (Å²) in [5, 5.41) is 15.8. The minimum absolute atomic E-state index is 0.0109. The Morgan fingerprint density at radius 1 is 1.12 bits per heavy atom. The van der Waals surface area contributed by atoms with Crippen LogP contribution in [0.25, 0.3) is 6.08 Å². The van der Waals surface area contributed by atoms with Crippen molar-refractivity contribution in [2.24, 2.45) is 10.1 Å². The first-order valence-corrected chi connectivity index (χ1v) is 11.2. The molecule has 33 heavy (non-hydrogen) atoms. The highest BCUT2D eigenvalue weighted by molar-refractivity contribution is 8.26. The van der Waals surface area contributed by atoms with E-state index in [0.29, 0.717) is 40.5 Å². The number of aliphatic imine (C=N–C) groups is 1. The summed E-state index contributed by atoms with van der Waals surface area (Å²) in [6.45, 7) is 4.37. The molecular weight excluding hydrogens is 464 g/mol. The van der Waals surface area contributed by atoms with Crippen molar-refractivity contribution in [3.05, 3.63) is 58.1 Å². The van der Waals surface area contributed by atoms with Crippen LogP contribution in [-0.4, -0.2) is 47.3 Å². The predicted octanol–water partition coefficient (Wildman–Crippen LogP) is 4.75. The second-order valence-corrected chi connectivity index (χ2v) is 8.72. The van der Waals surface area contributed by atoms with Crippen molar-refractivity contribution < 1.29 is 19.0 Å². The number of aryl methyl sites for hydroxylation is 1. The van der Waals surface area contributed by atoms with E-state index in [4.69, 9.17) is 31.2 Å². The smallest absolute Gasteiger partial charge is 0.283 e. The zero-order valence-corrected chi connectivity index (χ0v) is 19.8. The summed E-state index contributed by atoms with van der Waals surface area (Å²) in [5.41, 5.74) is 1.77. The summed E-state index contributed by atoms with van der Waals surface area (Å²) in [6.07, 6.45) is 1.59. The Hall–Kier alpha value is -3.30. The molecule has 0 saturated heterocycles. The van der Waals surface area contributed by atoms with Crippen LogP contribution in [0.15, 0.2) is 52.1 Å². The lowest BCUT2D eigenvalue weighted by atomic mass is 10.1. The number of benzene rings is 2. The van der Waals surface area contributed by atoms with Gasteiger partial charge in [-0.15, -0.1) is 0 Å². The molecule has 0 atom stereocenters. The van der Waals surface area contributed by atoms with E-state index in [2.05, 4.69) is 10.1 Å². The number of thioether (sulfide) groups is 1. The second-order valence-electron chi connectivity index (χ2n) is 7.16. The minimum atomic E-state index is -0.475. The van der Waals surface area contributed by atoms with E-state index in [-0.39, 0.29) is 11.4 Å². The van der Waals surface area contributed by atoms with Crippen molar-refractivity contribution in [2.45, 2.75) is 13.8 Å². The molecule has 4 rings (SSSR count). The molecule has 8 nitrogen and oxygen atoms in total. The maximum atomic E-state index is 12.4. The number of methoxy groups -OCH3 is 1. The number of hydrogen-bond acceptors (Lipinski definition) is 7. The van der Waals surface area contributed by atoms with Gasteiger partial charge in [0.1, 0.15) is 19.0 Å². The largest absolute Gasteiger partial charge is 0.493 e. The fourth-order valence-corrected chi connectivity index (χ4v) is 4.02. The summed E-state index contributed by atoms with van der Waals surface area (Å²) in [5.74, 6) is 1.27. The molecule has 0 radical (unpaired) electrons. The summed E-state index contributed by atoms with van der Waals surface area (Å²) in [7, 11) is 1.54. The number of ether oxygens (including phenoxy) is 3. The molecule has 0 saturated carbocycles. The Bertz CT molecular complexity index is 1220. The molecule has 0 spiro atoms. The van der Waals surface area contributed by atoms with Crippen LogP contribution in [0, 0.1) is 12.3 Å². The molecule has 2 aromatic carbocycles. The van der Waals surface area contributed by atoms with Crippen LogP contribution in [0.4, 0.5) is 0 Å². The maximum absolute atomic E-state index is 12.4. The number of nitrogens with one attached hydrogen (secondary N) is 1. The molecule has 10 heteroatoms. The molecule has 0 bridgehead atoms. The van der Waals surface area contributed by atoms with Gasteiger partial charge in [-0.2, -0.15) is 15.1 Å². The van der Waals surface area contributed by atoms with E-state index in [9.17, 15) is 4.79 Å². The van der Waals surface area contributed by atoms with Gasteiger partial charge in [0.05, 0.1) is 17.7 Å². The first-order chi connectivity index (χ1) is 15.9. The lowest BCUT2D eigenvalue weighted by Crippen LogP contribution is -2.35. The van der Waals surface area contributed by atoms with Crippen LogP contribution in [0.1, 0.15) is 18.1 Å². The van der Waals surface area contributed by atoms with Crippen molar-refractivity contribution in [2.75, 3.05) is 20.3 Å². The zero-order chi connectivity index (χ0) is 23.5. The molecule has 1 amide bonds. The third-order valence-corrected chi connectivity index (χ3v) is 6.04. The molecule has 2 aliphatic heterocycles. The molecule has 0 aromatic heterocycles. The molecular formula is C23H21ClN4O4S. The van der Waals surface area contributed by atoms with Crippen molar-refractivity contribution in [1.82, 2.24) is 5.01 Å². The summed E-state index contributed by atoms with van der Waals surface area (Å²) >= 11 is 7.30. The van der Waals surface area contributed by atoms with Crippen molar-refractivity contribution in [1.29, 1.82) is 5.41 Å². The third kappa shape index (κ3) is 5.04. The molecule has 2 heterocycles. The average Bonchev–Trinajstić information content (AvgIpc) is 3.17. The summed E-state index contributed by atoms with van der Waals surface area (Å²) in [6, 6.07) is 10.7. The molecule has 2 aliphatic rings. The third-order valence-electron chi connectivity index (χ3n) is 4.79. The van der Waals surface area contributed by atoms with E-state index in [1.807, 2.05) is 19.1 Å². The van der Waals surface area contributed by atoms with Gasteiger partial charge >= 0.3 is 0 Å². The van der Waals surface area contributed by atoms with Crippen LogP contribution >= 0.6 is 23.4 Å². The number of amides is 1. The molecule has 1 N–H and O–H groups in total. The van der Waals surface area contributed by atoms with Gasteiger partial charge in [-0.1, -0.05) is 17.7 Å². The van der Waals surface area contributed by atoms with E-state index in [1.54, 1.807) is 37.3 Å². The Morgan fingerprint density at radius 2 is 1.91 bits per heavy atom. The van der Waals surface area contributed by atoms with Gasteiger partial charge in [0, 0.05) is 5.02 Å². The number of nitrogens with zero attached hydrogens (tertiary/aromatic N) is 3. The Labute approximate surface area is 200 Å². The van der Waals surface area contributed by atoms with Gasteiger partial charge < -0.3 is 14.2 Å². The van der Waals surface area contributed by atoms with Gasteiger partial charge in [-0.05, 0) is 73.1 Å². The van der Waals surface area contributed by atoms with Crippen LogP contribution in [-0.2, 0) is 4.79 Å². The highest BCUT2D eigenvalue weighted by Gasteiger charge is 2.34. The monoisotopic (exact) mass is 484 g/mol. The predicted molar refractivity (Wildman–Crippen MR) is 131 cm³/mol. The fourth-order valence-electron chi connectivity index (χ4n) is 3.17.